The number of benzene rings is 1. The molecule has 0 fully saturated rings. The predicted molar refractivity (Wildman–Crippen MR) is 75.0 cm³/mol. The van der Waals surface area contributed by atoms with Gasteiger partial charge in [0.15, 0.2) is 0 Å². The van der Waals surface area contributed by atoms with Gasteiger partial charge in [-0.05, 0) is 38.1 Å². The molecule has 0 aliphatic rings. The molecule has 0 aliphatic heterocycles. The maximum Gasteiger partial charge on any atom is 0.0236 e. The Labute approximate surface area is 106 Å². The van der Waals surface area contributed by atoms with Crippen LogP contribution in [0.15, 0.2) is 24.3 Å². The second kappa shape index (κ2) is 7.46. The second-order valence-corrected chi connectivity index (χ2v) is 4.67. The highest BCUT2D eigenvalue weighted by Crippen LogP contribution is 2.12. The molecule has 1 atom stereocenters. The fourth-order valence-corrected chi connectivity index (χ4v) is 2.11. The van der Waals surface area contributed by atoms with E-state index in [9.17, 15) is 0 Å². The van der Waals surface area contributed by atoms with Gasteiger partial charge in [-0.3, -0.25) is 4.90 Å². The largest absolute Gasteiger partial charge is 0.316 e. The van der Waals surface area contributed by atoms with Gasteiger partial charge in [-0.25, -0.2) is 0 Å². The fraction of sp³-hybridized carbons (Fsp3) is 0.600. The zero-order chi connectivity index (χ0) is 12.7. The van der Waals surface area contributed by atoms with Crippen molar-refractivity contribution in [3.05, 3.63) is 35.4 Å². The third-order valence-corrected chi connectivity index (χ3v) is 3.38. The van der Waals surface area contributed by atoms with Crippen LogP contribution in [-0.4, -0.2) is 24.5 Å². The topological polar surface area (TPSA) is 15.3 Å². The van der Waals surface area contributed by atoms with E-state index in [4.69, 9.17) is 0 Å². The van der Waals surface area contributed by atoms with Crippen LogP contribution in [0.1, 0.15) is 38.3 Å². The SMILES string of the molecule is CCC(C)N(CC)Cc1cccc(CNC)c1. The van der Waals surface area contributed by atoms with Crippen molar-refractivity contribution in [1.82, 2.24) is 10.2 Å². The molecule has 1 aromatic rings. The molecule has 17 heavy (non-hydrogen) atoms. The van der Waals surface area contributed by atoms with Crippen LogP contribution in [0.5, 0.6) is 0 Å². The highest BCUT2D eigenvalue weighted by atomic mass is 15.1. The quantitative estimate of drug-likeness (QED) is 0.780. The molecule has 2 heteroatoms. The van der Waals surface area contributed by atoms with Crippen molar-refractivity contribution < 1.29 is 0 Å². The van der Waals surface area contributed by atoms with Gasteiger partial charge in [0, 0.05) is 19.1 Å². The Bertz CT molecular complexity index is 322. The van der Waals surface area contributed by atoms with Crippen LogP contribution in [0.25, 0.3) is 0 Å². The van der Waals surface area contributed by atoms with E-state index in [1.165, 1.54) is 17.5 Å². The summed E-state index contributed by atoms with van der Waals surface area (Å²) in [7, 11) is 1.99. The van der Waals surface area contributed by atoms with E-state index in [0.29, 0.717) is 6.04 Å². The van der Waals surface area contributed by atoms with E-state index in [0.717, 1.165) is 19.6 Å². The summed E-state index contributed by atoms with van der Waals surface area (Å²) in [6.07, 6.45) is 1.21. The van der Waals surface area contributed by atoms with Crippen molar-refractivity contribution in [2.24, 2.45) is 0 Å². The lowest BCUT2D eigenvalue weighted by Gasteiger charge is -2.27. The van der Waals surface area contributed by atoms with Crippen molar-refractivity contribution in [1.29, 1.82) is 0 Å². The van der Waals surface area contributed by atoms with Crippen molar-refractivity contribution >= 4 is 0 Å². The third-order valence-electron chi connectivity index (χ3n) is 3.38. The van der Waals surface area contributed by atoms with Crippen LogP contribution in [0, 0.1) is 0 Å². The molecule has 0 bridgehead atoms. The second-order valence-electron chi connectivity index (χ2n) is 4.67. The highest BCUT2D eigenvalue weighted by Gasteiger charge is 2.10. The van der Waals surface area contributed by atoms with E-state index >= 15 is 0 Å². The minimum Gasteiger partial charge on any atom is -0.316 e. The van der Waals surface area contributed by atoms with Crippen molar-refractivity contribution in [3.63, 3.8) is 0 Å². The molecular formula is C15H26N2. The normalized spacial score (nSPS) is 13.0. The monoisotopic (exact) mass is 234 g/mol. The molecule has 1 unspecified atom stereocenters. The molecule has 0 amide bonds. The first-order chi connectivity index (χ1) is 8.21. The van der Waals surface area contributed by atoms with Crippen LogP contribution >= 0.6 is 0 Å². The Hall–Kier alpha value is -0.860. The van der Waals surface area contributed by atoms with Crippen LogP contribution < -0.4 is 5.32 Å². The average Bonchev–Trinajstić information content (AvgIpc) is 2.36. The lowest BCUT2D eigenvalue weighted by molar-refractivity contribution is 0.206. The van der Waals surface area contributed by atoms with Crippen LogP contribution in [0.2, 0.25) is 0 Å². The van der Waals surface area contributed by atoms with Gasteiger partial charge in [0.05, 0.1) is 0 Å². The summed E-state index contributed by atoms with van der Waals surface area (Å²) in [6, 6.07) is 9.53. The molecule has 1 N–H and O–H groups in total. The number of nitrogens with one attached hydrogen (secondary N) is 1. The van der Waals surface area contributed by atoms with Crippen molar-refractivity contribution in [2.75, 3.05) is 13.6 Å². The molecule has 0 saturated heterocycles. The van der Waals surface area contributed by atoms with Gasteiger partial charge in [-0.15, -0.1) is 0 Å². The van der Waals surface area contributed by atoms with Crippen molar-refractivity contribution in [2.45, 2.75) is 46.3 Å². The van der Waals surface area contributed by atoms with Gasteiger partial charge in [-0.2, -0.15) is 0 Å². The number of hydrogen-bond acceptors (Lipinski definition) is 2. The number of rotatable bonds is 7. The Morgan fingerprint density at radius 1 is 1.24 bits per heavy atom. The first-order valence-corrected chi connectivity index (χ1v) is 6.67. The van der Waals surface area contributed by atoms with Gasteiger partial charge >= 0.3 is 0 Å². The molecular weight excluding hydrogens is 208 g/mol. The van der Waals surface area contributed by atoms with Gasteiger partial charge in [0.25, 0.3) is 0 Å². The number of hydrogen-bond donors (Lipinski definition) is 1. The summed E-state index contributed by atoms with van der Waals surface area (Å²) >= 11 is 0. The summed E-state index contributed by atoms with van der Waals surface area (Å²) in [5.74, 6) is 0. The molecule has 0 aromatic heterocycles. The smallest absolute Gasteiger partial charge is 0.0236 e. The maximum atomic E-state index is 3.20. The Balaban J connectivity index is 2.68. The van der Waals surface area contributed by atoms with Crippen molar-refractivity contribution in [3.8, 4) is 0 Å². The molecule has 1 aromatic carbocycles. The summed E-state index contributed by atoms with van der Waals surface area (Å²) in [4.78, 5) is 2.53. The summed E-state index contributed by atoms with van der Waals surface area (Å²) in [5.41, 5.74) is 2.78. The molecule has 96 valence electrons. The summed E-state index contributed by atoms with van der Waals surface area (Å²) in [6.45, 7) is 9.92. The first kappa shape index (κ1) is 14.2. The standard InChI is InChI=1S/C15H26N2/c1-5-13(3)17(6-2)12-15-9-7-8-14(10-15)11-16-4/h7-10,13,16H,5-6,11-12H2,1-4H3. The summed E-state index contributed by atoms with van der Waals surface area (Å²) in [5, 5.41) is 3.20. The van der Waals surface area contributed by atoms with E-state index < -0.39 is 0 Å². The van der Waals surface area contributed by atoms with E-state index in [1.807, 2.05) is 7.05 Å². The minimum atomic E-state index is 0.660. The van der Waals surface area contributed by atoms with E-state index in [2.05, 4.69) is 55.3 Å². The zero-order valence-electron chi connectivity index (χ0n) is 11.7. The Morgan fingerprint density at radius 3 is 2.53 bits per heavy atom. The lowest BCUT2D eigenvalue weighted by atomic mass is 10.1. The minimum absolute atomic E-state index is 0.660. The van der Waals surface area contributed by atoms with E-state index in [1.54, 1.807) is 0 Å². The fourth-order valence-electron chi connectivity index (χ4n) is 2.11. The summed E-state index contributed by atoms with van der Waals surface area (Å²) < 4.78 is 0. The molecule has 2 nitrogen and oxygen atoms in total. The van der Waals surface area contributed by atoms with Crippen LogP contribution in [0.4, 0.5) is 0 Å². The maximum absolute atomic E-state index is 3.20. The highest BCUT2D eigenvalue weighted by molar-refractivity contribution is 5.23. The van der Waals surface area contributed by atoms with Gasteiger partial charge in [0.1, 0.15) is 0 Å². The van der Waals surface area contributed by atoms with Gasteiger partial charge in [-0.1, -0.05) is 38.1 Å². The molecule has 0 heterocycles. The molecule has 0 saturated carbocycles. The lowest BCUT2D eigenvalue weighted by Crippen LogP contribution is -2.31. The van der Waals surface area contributed by atoms with E-state index in [-0.39, 0.29) is 0 Å². The third kappa shape index (κ3) is 4.49. The molecule has 0 aliphatic carbocycles. The van der Waals surface area contributed by atoms with Gasteiger partial charge in [0.2, 0.25) is 0 Å². The van der Waals surface area contributed by atoms with Crippen LogP contribution in [-0.2, 0) is 13.1 Å². The van der Waals surface area contributed by atoms with Gasteiger partial charge < -0.3 is 5.32 Å². The van der Waals surface area contributed by atoms with Crippen LogP contribution in [0.3, 0.4) is 0 Å². The average molecular weight is 234 g/mol. The number of nitrogens with zero attached hydrogens (tertiary/aromatic N) is 1. The first-order valence-electron chi connectivity index (χ1n) is 6.67. The Morgan fingerprint density at radius 2 is 1.94 bits per heavy atom. The predicted octanol–water partition coefficient (Wildman–Crippen LogP) is 3.03. The molecule has 1 rings (SSSR count). The Kier molecular flexibility index (Phi) is 6.23. The zero-order valence-corrected chi connectivity index (χ0v) is 11.7. The molecule has 0 spiro atoms. The molecule has 0 radical (unpaired) electrons.